The van der Waals surface area contributed by atoms with Gasteiger partial charge < -0.3 is 15.1 Å². The molecule has 134 valence electrons. The molecule has 1 aromatic carbocycles. The Hall–Kier alpha value is -2.74. The van der Waals surface area contributed by atoms with E-state index in [-0.39, 0.29) is 5.91 Å². The first-order valence-corrected chi connectivity index (χ1v) is 9.57. The highest BCUT2D eigenvalue weighted by Crippen LogP contribution is 2.21. The summed E-state index contributed by atoms with van der Waals surface area (Å²) in [5, 5.41) is 11.6. The molecular weight excluding hydrogens is 348 g/mol. The fraction of sp³-hybridized carbons (Fsp3) is 0.333. The molecule has 0 saturated carbocycles. The summed E-state index contributed by atoms with van der Waals surface area (Å²) < 4.78 is 1.05. The number of anilines is 2. The van der Waals surface area contributed by atoms with E-state index in [1.54, 1.807) is 16.8 Å². The van der Waals surface area contributed by atoms with Gasteiger partial charge in [-0.1, -0.05) is 0 Å². The van der Waals surface area contributed by atoms with E-state index >= 15 is 0 Å². The Bertz CT molecular complexity index is 901. The van der Waals surface area contributed by atoms with Gasteiger partial charge in [0.05, 0.1) is 15.7 Å². The normalized spacial score (nSPS) is 14.7. The van der Waals surface area contributed by atoms with E-state index in [0.29, 0.717) is 13.1 Å². The van der Waals surface area contributed by atoms with E-state index in [2.05, 4.69) is 25.4 Å². The van der Waals surface area contributed by atoms with Crippen molar-refractivity contribution in [1.29, 1.82) is 0 Å². The zero-order valence-electron chi connectivity index (χ0n) is 14.6. The Labute approximate surface area is 155 Å². The lowest BCUT2D eigenvalue weighted by Crippen LogP contribution is -2.49. The van der Waals surface area contributed by atoms with Crippen LogP contribution in [0.1, 0.15) is 17.3 Å². The van der Waals surface area contributed by atoms with Crippen LogP contribution in [0.4, 0.5) is 11.6 Å². The van der Waals surface area contributed by atoms with Crippen LogP contribution in [0.2, 0.25) is 0 Å². The van der Waals surface area contributed by atoms with E-state index in [0.717, 1.165) is 47.1 Å². The molecule has 1 fully saturated rings. The van der Waals surface area contributed by atoms with Gasteiger partial charge in [-0.05, 0) is 37.3 Å². The van der Waals surface area contributed by atoms with Gasteiger partial charge in [-0.15, -0.1) is 21.5 Å². The Morgan fingerprint density at radius 1 is 1.15 bits per heavy atom. The molecule has 0 aliphatic carbocycles. The van der Waals surface area contributed by atoms with Crippen LogP contribution < -0.4 is 10.2 Å². The van der Waals surface area contributed by atoms with Crippen LogP contribution >= 0.6 is 11.3 Å². The van der Waals surface area contributed by atoms with E-state index in [1.807, 2.05) is 42.2 Å². The molecule has 1 aliphatic heterocycles. The maximum Gasteiger partial charge on any atom is 0.254 e. The third kappa shape index (κ3) is 3.32. The van der Waals surface area contributed by atoms with Crippen molar-refractivity contribution in [1.82, 2.24) is 20.1 Å². The number of nitrogens with one attached hydrogen (secondary N) is 1. The largest absolute Gasteiger partial charge is 0.369 e. The molecule has 8 heteroatoms. The van der Waals surface area contributed by atoms with Crippen molar-refractivity contribution in [2.75, 3.05) is 42.9 Å². The maximum atomic E-state index is 12.8. The van der Waals surface area contributed by atoms with Crippen LogP contribution in [0.25, 0.3) is 10.2 Å². The Morgan fingerprint density at radius 2 is 2.00 bits per heavy atom. The lowest BCUT2D eigenvalue weighted by molar-refractivity contribution is 0.0746. The first-order valence-electron chi connectivity index (χ1n) is 8.69. The number of piperazine rings is 1. The molecule has 0 atom stereocenters. The van der Waals surface area contributed by atoms with Crippen LogP contribution in [0.5, 0.6) is 0 Å². The standard InChI is InChI=1S/C18H20N6OS/c1-2-19-16-5-6-17(22-21-16)23-7-9-24(10-8-23)18(25)13-3-4-14-15(11-13)26-12-20-14/h3-6,11-12H,2,7-10H2,1H3,(H,19,21). The zero-order chi connectivity index (χ0) is 17.9. The third-order valence-electron chi connectivity index (χ3n) is 4.48. The number of benzene rings is 1. The van der Waals surface area contributed by atoms with Gasteiger partial charge in [-0.25, -0.2) is 4.98 Å². The average Bonchev–Trinajstić information content (AvgIpc) is 3.16. The maximum absolute atomic E-state index is 12.8. The molecule has 1 saturated heterocycles. The highest BCUT2D eigenvalue weighted by molar-refractivity contribution is 7.16. The van der Waals surface area contributed by atoms with Crippen molar-refractivity contribution in [2.45, 2.75) is 6.92 Å². The predicted molar refractivity (Wildman–Crippen MR) is 104 cm³/mol. The number of thiazole rings is 1. The number of carbonyl (C=O) groups is 1. The molecule has 1 aliphatic rings. The lowest BCUT2D eigenvalue weighted by Gasteiger charge is -2.35. The molecule has 7 nitrogen and oxygen atoms in total. The lowest BCUT2D eigenvalue weighted by atomic mass is 10.1. The van der Waals surface area contributed by atoms with Crippen LogP contribution in [-0.2, 0) is 0 Å². The van der Waals surface area contributed by atoms with Crippen LogP contribution in [-0.4, -0.2) is 58.7 Å². The first kappa shape index (κ1) is 16.7. The number of nitrogens with zero attached hydrogens (tertiary/aromatic N) is 5. The van der Waals surface area contributed by atoms with Gasteiger partial charge >= 0.3 is 0 Å². The predicted octanol–water partition coefficient (Wildman–Crippen LogP) is 2.48. The molecule has 26 heavy (non-hydrogen) atoms. The fourth-order valence-corrected chi connectivity index (χ4v) is 3.79. The molecule has 2 aromatic heterocycles. The van der Waals surface area contributed by atoms with Crippen molar-refractivity contribution in [3.8, 4) is 0 Å². The first-order chi connectivity index (χ1) is 12.7. The van der Waals surface area contributed by atoms with Crippen LogP contribution in [0.15, 0.2) is 35.8 Å². The minimum Gasteiger partial charge on any atom is -0.369 e. The third-order valence-corrected chi connectivity index (χ3v) is 5.27. The summed E-state index contributed by atoms with van der Waals surface area (Å²) in [4.78, 5) is 21.1. The summed E-state index contributed by atoms with van der Waals surface area (Å²) in [6.07, 6.45) is 0. The van der Waals surface area contributed by atoms with E-state index in [9.17, 15) is 4.79 Å². The molecule has 3 heterocycles. The van der Waals surface area contributed by atoms with E-state index in [4.69, 9.17) is 0 Å². The second-order valence-corrected chi connectivity index (χ2v) is 7.01. The summed E-state index contributed by atoms with van der Waals surface area (Å²) >= 11 is 1.56. The smallest absolute Gasteiger partial charge is 0.254 e. The summed E-state index contributed by atoms with van der Waals surface area (Å²) in [6.45, 7) is 5.71. The molecule has 0 unspecified atom stereocenters. The average molecular weight is 368 g/mol. The van der Waals surface area contributed by atoms with Crippen molar-refractivity contribution >= 4 is 39.1 Å². The number of hydrogen-bond donors (Lipinski definition) is 1. The number of rotatable bonds is 4. The number of aromatic nitrogens is 3. The van der Waals surface area contributed by atoms with Gasteiger partial charge in [0, 0.05) is 38.3 Å². The van der Waals surface area contributed by atoms with Gasteiger partial charge in [0.25, 0.3) is 5.91 Å². The number of fused-ring (bicyclic) bond motifs is 1. The highest BCUT2D eigenvalue weighted by atomic mass is 32.1. The van der Waals surface area contributed by atoms with Crippen molar-refractivity contribution in [2.24, 2.45) is 0 Å². The molecule has 0 spiro atoms. The van der Waals surface area contributed by atoms with Gasteiger partial charge in [0.1, 0.15) is 5.82 Å². The summed E-state index contributed by atoms with van der Waals surface area (Å²) in [5.41, 5.74) is 3.47. The second-order valence-electron chi connectivity index (χ2n) is 6.12. The summed E-state index contributed by atoms with van der Waals surface area (Å²) in [5.74, 6) is 1.71. The highest BCUT2D eigenvalue weighted by Gasteiger charge is 2.23. The number of carbonyl (C=O) groups excluding carboxylic acids is 1. The van der Waals surface area contributed by atoms with E-state index < -0.39 is 0 Å². The van der Waals surface area contributed by atoms with Gasteiger partial charge in [-0.2, -0.15) is 0 Å². The Balaban J connectivity index is 1.40. The van der Waals surface area contributed by atoms with Gasteiger partial charge in [-0.3, -0.25) is 4.79 Å². The van der Waals surface area contributed by atoms with Crippen LogP contribution in [0.3, 0.4) is 0 Å². The Kier molecular flexibility index (Phi) is 4.66. The second kappa shape index (κ2) is 7.25. The van der Waals surface area contributed by atoms with Gasteiger partial charge in [0.15, 0.2) is 5.82 Å². The molecule has 1 N–H and O–H groups in total. The summed E-state index contributed by atoms with van der Waals surface area (Å²) in [6, 6.07) is 9.62. The number of amides is 1. The molecule has 4 rings (SSSR count). The molecule has 0 bridgehead atoms. The van der Waals surface area contributed by atoms with Crippen molar-refractivity contribution < 1.29 is 4.79 Å². The van der Waals surface area contributed by atoms with E-state index in [1.165, 1.54) is 0 Å². The quantitative estimate of drug-likeness (QED) is 0.763. The van der Waals surface area contributed by atoms with Crippen molar-refractivity contribution in [3.05, 3.63) is 41.4 Å². The minimum absolute atomic E-state index is 0.0773. The zero-order valence-corrected chi connectivity index (χ0v) is 15.4. The Morgan fingerprint density at radius 3 is 2.73 bits per heavy atom. The van der Waals surface area contributed by atoms with Crippen LogP contribution in [0, 0.1) is 0 Å². The number of hydrogen-bond acceptors (Lipinski definition) is 7. The van der Waals surface area contributed by atoms with Crippen molar-refractivity contribution in [3.63, 3.8) is 0 Å². The SMILES string of the molecule is CCNc1ccc(N2CCN(C(=O)c3ccc4ncsc4c3)CC2)nn1. The van der Waals surface area contributed by atoms with Gasteiger partial charge in [0.2, 0.25) is 0 Å². The minimum atomic E-state index is 0.0773. The summed E-state index contributed by atoms with van der Waals surface area (Å²) in [7, 11) is 0. The molecule has 0 radical (unpaired) electrons. The molecular formula is C18H20N6OS. The fourth-order valence-electron chi connectivity index (χ4n) is 3.08. The molecule has 1 amide bonds. The topological polar surface area (TPSA) is 74.2 Å². The monoisotopic (exact) mass is 368 g/mol. The molecule has 3 aromatic rings.